The van der Waals surface area contributed by atoms with Crippen LogP contribution in [0.3, 0.4) is 0 Å². The van der Waals surface area contributed by atoms with Crippen LogP contribution < -0.4 is 15.5 Å². The highest BCUT2D eigenvalue weighted by atomic mass is 16.5. The number of amides is 1. The molecule has 1 aliphatic carbocycles. The second-order valence-corrected chi connectivity index (χ2v) is 9.06. The van der Waals surface area contributed by atoms with E-state index in [1.54, 1.807) is 19.0 Å². The summed E-state index contributed by atoms with van der Waals surface area (Å²) in [5.41, 5.74) is 1.27. The van der Waals surface area contributed by atoms with Gasteiger partial charge >= 0.3 is 0 Å². The van der Waals surface area contributed by atoms with Gasteiger partial charge in [0.15, 0.2) is 5.96 Å². The Labute approximate surface area is 187 Å². The molecule has 172 valence electrons. The number of hydrogen-bond donors (Lipinski definition) is 2. The van der Waals surface area contributed by atoms with Gasteiger partial charge in [-0.15, -0.1) is 0 Å². The van der Waals surface area contributed by atoms with E-state index in [4.69, 9.17) is 4.74 Å². The molecule has 2 fully saturated rings. The maximum Gasteiger partial charge on any atom is 0.243 e. The Balaban J connectivity index is 1.52. The quantitative estimate of drug-likeness (QED) is 0.378. The first kappa shape index (κ1) is 23.4. The molecule has 3 rings (SSSR count). The summed E-state index contributed by atoms with van der Waals surface area (Å²) in [5, 5.41) is 7.04. The normalized spacial score (nSPS) is 20.5. The van der Waals surface area contributed by atoms with E-state index in [9.17, 15) is 4.79 Å². The summed E-state index contributed by atoms with van der Waals surface area (Å²) in [6.07, 6.45) is 7.82. The third-order valence-corrected chi connectivity index (χ3v) is 6.38. The number of nitrogens with one attached hydrogen (secondary N) is 2. The maximum atomic E-state index is 12.1. The van der Waals surface area contributed by atoms with E-state index in [-0.39, 0.29) is 18.1 Å². The van der Waals surface area contributed by atoms with Gasteiger partial charge in [-0.1, -0.05) is 31.0 Å². The molecule has 31 heavy (non-hydrogen) atoms. The topological polar surface area (TPSA) is 69.2 Å². The molecule has 1 spiro atoms. The molecule has 0 radical (unpaired) electrons. The van der Waals surface area contributed by atoms with E-state index in [0.29, 0.717) is 6.04 Å². The van der Waals surface area contributed by atoms with Crippen LogP contribution in [0.15, 0.2) is 35.3 Å². The Morgan fingerprint density at radius 1 is 1.19 bits per heavy atom. The van der Waals surface area contributed by atoms with Crippen LogP contribution in [0.4, 0.5) is 5.69 Å². The van der Waals surface area contributed by atoms with Gasteiger partial charge in [-0.2, -0.15) is 0 Å². The lowest BCUT2D eigenvalue weighted by Gasteiger charge is -2.39. The van der Waals surface area contributed by atoms with Crippen molar-refractivity contribution in [1.29, 1.82) is 0 Å². The number of carbonyl (C=O) groups is 1. The zero-order valence-electron chi connectivity index (χ0n) is 19.4. The number of para-hydroxylation sites is 1. The van der Waals surface area contributed by atoms with Crippen molar-refractivity contribution in [2.75, 3.05) is 52.3 Å². The predicted molar refractivity (Wildman–Crippen MR) is 127 cm³/mol. The standard InChI is InChI=1S/C24H39N5O2/c1-28(2)22(30)19-26-23(25-15-9-16-29(3)21-10-5-4-6-11-21)27-20-12-17-31-24(18-20)13-7-8-14-24/h4-6,10-11,20H,7-9,12-19H2,1-3H3,(H2,25,26,27). The van der Waals surface area contributed by atoms with Crippen molar-refractivity contribution in [2.45, 2.75) is 56.6 Å². The Kier molecular flexibility index (Phi) is 8.58. The van der Waals surface area contributed by atoms with Crippen molar-refractivity contribution >= 4 is 17.6 Å². The third kappa shape index (κ3) is 7.13. The van der Waals surface area contributed by atoms with Crippen LogP contribution in [0, 0.1) is 0 Å². The molecule has 1 saturated heterocycles. The Morgan fingerprint density at radius 2 is 1.94 bits per heavy atom. The zero-order chi connectivity index (χ0) is 22.1. The number of rotatable bonds is 8. The molecule has 1 aromatic rings. The molecule has 1 aliphatic heterocycles. The fourth-order valence-corrected chi connectivity index (χ4v) is 4.49. The molecule has 7 heteroatoms. The number of aliphatic imine (C=N–C) groups is 1. The van der Waals surface area contributed by atoms with Crippen molar-refractivity contribution < 1.29 is 9.53 Å². The Hall–Kier alpha value is -2.28. The molecule has 1 heterocycles. The van der Waals surface area contributed by atoms with Crippen LogP contribution in [0.5, 0.6) is 0 Å². The van der Waals surface area contributed by atoms with Crippen molar-refractivity contribution in [3.05, 3.63) is 30.3 Å². The second kappa shape index (κ2) is 11.4. The van der Waals surface area contributed by atoms with Gasteiger partial charge in [-0.05, 0) is 44.2 Å². The number of benzene rings is 1. The van der Waals surface area contributed by atoms with Gasteiger partial charge in [0.1, 0.15) is 6.54 Å². The number of ether oxygens (including phenoxy) is 1. The summed E-state index contributed by atoms with van der Waals surface area (Å²) in [5.74, 6) is 0.738. The zero-order valence-corrected chi connectivity index (χ0v) is 19.4. The van der Waals surface area contributed by atoms with E-state index in [1.807, 2.05) is 6.07 Å². The summed E-state index contributed by atoms with van der Waals surface area (Å²) < 4.78 is 6.17. The average molecular weight is 430 g/mol. The Morgan fingerprint density at radius 3 is 2.65 bits per heavy atom. The lowest BCUT2D eigenvalue weighted by molar-refractivity contribution is -0.127. The second-order valence-electron chi connectivity index (χ2n) is 9.06. The van der Waals surface area contributed by atoms with E-state index in [1.165, 1.54) is 18.5 Å². The Bertz CT molecular complexity index is 716. The van der Waals surface area contributed by atoms with Gasteiger partial charge in [0.25, 0.3) is 0 Å². The van der Waals surface area contributed by atoms with Gasteiger partial charge in [0, 0.05) is 52.6 Å². The highest BCUT2D eigenvalue weighted by Gasteiger charge is 2.40. The summed E-state index contributed by atoms with van der Waals surface area (Å²) in [6.45, 7) is 2.69. The average Bonchev–Trinajstić information content (AvgIpc) is 3.22. The molecule has 7 nitrogen and oxygen atoms in total. The van der Waals surface area contributed by atoms with Gasteiger partial charge in [-0.25, -0.2) is 4.99 Å². The van der Waals surface area contributed by atoms with Gasteiger partial charge in [0.05, 0.1) is 5.60 Å². The van der Waals surface area contributed by atoms with Gasteiger partial charge in [-0.3, -0.25) is 4.79 Å². The number of likely N-dealkylation sites (N-methyl/N-ethyl adjacent to an activating group) is 1. The predicted octanol–water partition coefficient (Wildman–Crippen LogP) is 2.63. The van der Waals surface area contributed by atoms with Crippen molar-refractivity contribution in [3.63, 3.8) is 0 Å². The van der Waals surface area contributed by atoms with Crippen LogP contribution in [0.2, 0.25) is 0 Å². The summed E-state index contributed by atoms with van der Waals surface area (Å²) in [6, 6.07) is 10.7. The smallest absolute Gasteiger partial charge is 0.243 e. The van der Waals surface area contributed by atoms with Crippen molar-refractivity contribution in [3.8, 4) is 0 Å². The van der Waals surface area contributed by atoms with Crippen LogP contribution in [0.1, 0.15) is 44.9 Å². The van der Waals surface area contributed by atoms with Crippen LogP contribution in [0.25, 0.3) is 0 Å². The third-order valence-electron chi connectivity index (χ3n) is 6.38. The lowest BCUT2D eigenvalue weighted by atomic mass is 9.89. The number of carbonyl (C=O) groups excluding carboxylic acids is 1. The van der Waals surface area contributed by atoms with Crippen molar-refractivity contribution in [2.24, 2.45) is 4.99 Å². The van der Waals surface area contributed by atoms with Gasteiger partial charge < -0.3 is 25.2 Å². The lowest BCUT2D eigenvalue weighted by Crippen LogP contribution is -2.51. The van der Waals surface area contributed by atoms with E-state index >= 15 is 0 Å². The van der Waals surface area contributed by atoms with Crippen LogP contribution >= 0.6 is 0 Å². The molecule has 1 amide bonds. The SMILES string of the molecule is CN(C)C(=O)CN=C(NCCCN(C)c1ccccc1)NC1CCOC2(CCCC2)C1. The summed E-state index contributed by atoms with van der Waals surface area (Å²) >= 11 is 0. The first-order chi connectivity index (χ1) is 15.0. The van der Waals surface area contributed by atoms with Crippen molar-refractivity contribution in [1.82, 2.24) is 15.5 Å². The minimum atomic E-state index is 0.00384. The van der Waals surface area contributed by atoms with Crippen LogP contribution in [-0.2, 0) is 9.53 Å². The maximum absolute atomic E-state index is 12.1. The first-order valence-electron chi connectivity index (χ1n) is 11.6. The summed E-state index contributed by atoms with van der Waals surface area (Å²) in [4.78, 5) is 20.5. The number of hydrogen-bond acceptors (Lipinski definition) is 4. The fraction of sp³-hybridized carbons (Fsp3) is 0.667. The molecule has 2 N–H and O–H groups in total. The molecule has 0 aromatic heterocycles. The molecule has 0 bridgehead atoms. The minimum Gasteiger partial charge on any atom is -0.375 e. The fourth-order valence-electron chi connectivity index (χ4n) is 4.49. The molecular formula is C24H39N5O2. The monoisotopic (exact) mass is 429 g/mol. The largest absolute Gasteiger partial charge is 0.375 e. The molecule has 1 aromatic carbocycles. The number of anilines is 1. The molecule has 2 aliphatic rings. The molecule has 1 unspecified atom stereocenters. The van der Waals surface area contributed by atoms with E-state index in [0.717, 1.165) is 57.8 Å². The van der Waals surface area contributed by atoms with Crippen LogP contribution in [-0.4, -0.2) is 75.8 Å². The van der Waals surface area contributed by atoms with E-state index in [2.05, 4.69) is 51.8 Å². The van der Waals surface area contributed by atoms with Gasteiger partial charge in [0.2, 0.25) is 5.91 Å². The van der Waals surface area contributed by atoms with E-state index < -0.39 is 0 Å². The number of nitrogens with zero attached hydrogens (tertiary/aromatic N) is 3. The summed E-state index contributed by atoms with van der Waals surface area (Å²) in [7, 11) is 5.64. The highest BCUT2D eigenvalue weighted by molar-refractivity contribution is 5.84. The number of guanidine groups is 1. The molecular weight excluding hydrogens is 390 g/mol. The minimum absolute atomic E-state index is 0.00384. The first-order valence-corrected chi connectivity index (χ1v) is 11.6. The molecule has 1 saturated carbocycles. The molecule has 1 atom stereocenters. The highest BCUT2D eigenvalue weighted by Crippen LogP contribution is 2.39.